The van der Waals surface area contributed by atoms with Gasteiger partial charge in [-0.2, -0.15) is 0 Å². The molecule has 1 heterocycles. The molecule has 0 saturated carbocycles. The number of hydrogen-bond acceptors (Lipinski definition) is 3. The van der Waals surface area contributed by atoms with E-state index in [9.17, 15) is 0 Å². The SMILES string of the molecule is C/C(=C\C=C/N)c1cccc(C2NC=CN2C)c1. The van der Waals surface area contributed by atoms with Gasteiger partial charge in [0.05, 0.1) is 0 Å². The predicted octanol–water partition coefficient (Wildman–Crippen LogP) is 2.57. The minimum atomic E-state index is 0.225. The number of allylic oxidation sites excluding steroid dienone is 3. The monoisotopic (exact) mass is 241 g/mol. The van der Waals surface area contributed by atoms with Gasteiger partial charge in [-0.15, -0.1) is 0 Å². The fourth-order valence-corrected chi connectivity index (χ4v) is 2.04. The van der Waals surface area contributed by atoms with E-state index in [-0.39, 0.29) is 6.17 Å². The number of nitrogens with one attached hydrogen (secondary N) is 1. The largest absolute Gasteiger partial charge is 0.405 e. The van der Waals surface area contributed by atoms with Crippen molar-refractivity contribution in [3.63, 3.8) is 0 Å². The third-order valence-electron chi connectivity index (χ3n) is 3.09. The van der Waals surface area contributed by atoms with E-state index in [1.165, 1.54) is 16.7 Å². The van der Waals surface area contributed by atoms with Crippen molar-refractivity contribution in [1.29, 1.82) is 0 Å². The Morgan fingerprint density at radius 3 is 2.94 bits per heavy atom. The average molecular weight is 241 g/mol. The zero-order valence-electron chi connectivity index (χ0n) is 10.8. The Bertz CT molecular complexity index is 500. The number of rotatable bonds is 3. The highest BCUT2D eigenvalue weighted by atomic mass is 15.3. The summed E-state index contributed by atoms with van der Waals surface area (Å²) in [7, 11) is 2.06. The summed E-state index contributed by atoms with van der Waals surface area (Å²) in [6, 6.07) is 8.54. The summed E-state index contributed by atoms with van der Waals surface area (Å²) in [5.41, 5.74) is 9.02. The molecule has 0 bridgehead atoms. The highest BCUT2D eigenvalue weighted by molar-refractivity contribution is 5.65. The molecule has 0 fully saturated rings. The van der Waals surface area contributed by atoms with Crippen LogP contribution in [-0.4, -0.2) is 11.9 Å². The summed E-state index contributed by atoms with van der Waals surface area (Å²) in [5.74, 6) is 0. The highest BCUT2D eigenvalue weighted by Gasteiger charge is 2.16. The molecule has 0 amide bonds. The maximum Gasteiger partial charge on any atom is 0.124 e. The van der Waals surface area contributed by atoms with Crippen molar-refractivity contribution in [2.75, 3.05) is 7.05 Å². The van der Waals surface area contributed by atoms with Gasteiger partial charge >= 0.3 is 0 Å². The average Bonchev–Trinajstić information content (AvgIpc) is 2.82. The molecular formula is C15H19N3. The first kappa shape index (κ1) is 12.3. The number of nitrogens with zero attached hydrogens (tertiary/aromatic N) is 1. The van der Waals surface area contributed by atoms with E-state index in [4.69, 9.17) is 5.73 Å². The fourth-order valence-electron chi connectivity index (χ4n) is 2.04. The van der Waals surface area contributed by atoms with Gasteiger partial charge in [-0.25, -0.2) is 0 Å². The molecule has 1 atom stereocenters. The standard InChI is InChI=1S/C15H19N3/c1-12(5-4-8-16)13-6-3-7-14(11-13)15-17-9-10-18(15)2/h3-11,15,17H,16H2,1-2H3/b8-4-,12-5+. The quantitative estimate of drug-likeness (QED) is 0.799. The van der Waals surface area contributed by atoms with Crippen LogP contribution in [0.2, 0.25) is 0 Å². The molecule has 3 N–H and O–H groups in total. The zero-order chi connectivity index (χ0) is 13.0. The molecular weight excluding hydrogens is 222 g/mol. The lowest BCUT2D eigenvalue weighted by atomic mass is 10.0. The van der Waals surface area contributed by atoms with Gasteiger partial charge in [0.2, 0.25) is 0 Å². The first-order valence-electron chi connectivity index (χ1n) is 6.02. The van der Waals surface area contributed by atoms with Gasteiger partial charge in [0.1, 0.15) is 6.17 Å². The van der Waals surface area contributed by atoms with Crippen LogP contribution in [-0.2, 0) is 0 Å². The van der Waals surface area contributed by atoms with Crippen LogP contribution in [0, 0.1) is 0 Å². The molecule has 1 aliphatic heterocycles. The Morgan fingerprint density at radius 1 is 1.44 bits per heavy atom. The van der Waals surface area contributed by atoms with Gasteiger partial charge in [0, 0.05) is 19.4 Å². The van der Waals surface area contributed by atoms with Crippen molar-refractivity contribution in [3.8, 4) is 0 Å². The molecule has 3 heteroatoms. The van der Waals surface area contributed by atoms with Gasteiger partial charge in [0.15, 0.2) is 0 Å². The molecule has 18 heavy (non-hydrogen) atoms. The molecule has 0 spiro atoms. The first-order chi connectivity index (χ1) is 8.72. The lowest BCUT2D eigenvalue weighted by Crippen LogP contribution is -2.23. The summed E-state index contributed by atoms with van der Waals surface area (Å²) < 4.78 is 0. The molecule has 2 rings (SSSR count). The lowest BCUT2D eigenvalue weighted by molar-refractivity contribution is 0.340. The molecule has 1 aromatic carbocycles. The maximum atomic E-state index is 5.35. The van der Waals surface area contributed by atoms with Crippen LogP contribution >= 0.6 is 0 Å². The van der Waals surface area contributed by atoms with E-state index in [0.29, 0.717) is 0 Å². The normalized spacial score (nSPS) is 19.6. The second-order valence-corrected chi connectivity index (χ2v) is 4.41. The minimum absolute atomic E-state index is 0.225. The Hall–Kier alpha value is -2.16. The summed E-state index contributed by atoms with van der Waals surface area (Å²) >= 11 is 0. The number of benzene rings is 1. The molecule has 0 radical (unpaired) electrons. The molecule has 1 unspecified atom stereocenters. The van der Waals surface area contributed by atoms with Crippen molar-refractivity contribution < 1.29 is 0 Å². The third kappa shape index (κ3) is 2.56. The van der Waals surface area contributed by atoms with Crippen molar-refractivity contribution >= 4 is 5.57 Å². The minimum Gasteiger partial charge on any atom is -0.405 e. The van der Waals surface area contributed by atoms with Gasteiger partial charge in [-0.05, 0) is 42.0 Å². The van der Waals surface area contributed by atoms with Crippen LogP contribution in [0.4, 0.5) is 0 Å². The molecule has 1 aromatic rings. The molecule has 0 aromatic heterocycles. The first-order valence-corrected chi connectivity index (χ1v) is 6.02. The maximum absolute atomic E-state index is 5.35. The molecule has 1 aliphatic rings. The Morgan fingerprint density at radius 2 is 2.28 bits per heavy atom. The van der Waals surface area contributed by atoms with Gasteiger partial charge in [0.25, 0.3) is 0 Å². The van der Waals surface area contributed by atoms with E-state index < -0.39 is 0 Å². The van der Waals surface area contributed by atoms with Crippen molar-refractivity contribution in [3.05, 3.63) is 66.1 Å². The molecule has 0 aliphatic carbocycles. The second-order valence-electron chi connectivity index (χ2n) is 4.41. The van der Waals surface area contributed by atoms with Crippen LogP contribution in [0.25, 0.3) is 5.57 Å². The van der Waals surface area contributed by atoms with Crippen LogP contribution in [0.3, 0.4) is 0 Å². The van der Waals surface area contributed by atoms with Gasteiger partial charge < -0.3 is 16.0 Å². The van der Waals surface area contributed by atoms with Crippen LogP contribution in [0.1, 0.15) is 24.2 Å². The number of hydrogen-bond donors (Lipinski definition) is 2. The Kier molecular flexibility index (Phi) is 3.72. The predicted molar refractivity (Wildman–Crippen MR) is 76.2 cm³/mol. The Balaban J connectivity index is 2.25. The van der Waals surface area contributed by atoms with Crippen LogP contribution in [0.5, 0.6) is 0 Å². The lowest BCUT2D eigenvalue weighted by Gasteiger charge is -2.22. The highest BCUT2D eigenvalue weighted by Crippen LogP contribution is 2.24. The van der Waals surface area contributed by atoms with E-state index >= 15 is 0 Å². The van der Waals surface area contributed by atoms with Crippen molar-refractivity contribution in [2.45, 2.75) is 13.1 Å². The summed E-state index contributed by atoms with van der Waals surface area (Å²) in [6.07, 6.45) is 9.65. The second kappa shape index (κ2) is 5.45. The summed E-state index contributed by atoms with van der Waals surface area (Å²) in [5, 5.41) is 3.32. The molecule has 3 nitrogen and oxygen atoms in total. The Labute approximate surface area is 108 Å². The van der Waals surface area contributed by atoms with E-state index in [0.717, 1.165) is 0 Å². The molecule has 0 saturated heterocycles. The fraction of sp³-hybridized carbons (Fsp3) is 0.200. The van der Waals surface area contributed by atoms with Crippen LogP contribution in [0.15, 0.2) is 55.0 Å². The van der Waals surface area contributed by atoms with Crippen molar-refractivity contribution in [1.82, 2.24) is 10.2 Å². The topological polar surface area (TPSA) is 41.3 Å². The van der Waals surface area contributed by atoms with E-state index in [1.807, 2.05) is 24.6 Å². The van der Waals surface area contributed by atoms with Crippen LogP contribution < -0.4 is 11.1 Å². The smallest absolute Gasteiger partial charge is 0.124 e. The summed E-state index contributed by atoms with van der Waals surface area (Å²) in [6.45, 7) is 2.09. The molecule has 94 valence electrons. The summed E-state index contributed by atoms with van der Waals surface area (Å²) in [4.78, 5) is 2.15. The number of nitrogens with two attached hydrogens (primary N) is 1. The van der Waals surface area contributed by atoms with Gasteiger partial charge in [-0.1, -0.05) is 24.3 Å². The van der Waals surface area contributed by atoms with Gasteiger partial charge in [-0.3, -0.25) is 0 Å². The third-order valence-corrected chi connectivity index (χ3v) is 3.09. The van der Waals surface area contributed by atoms with E-state index in [2.05, 4.69) is 48.5 Å². The van der Waals surface area contributed by atoms with E-state index in [1.54, 1.807) is 6.20 Å². The zero-order valence-corrected chi connectivity index (χ0v) is 10.8. The van der Waals surface area contributed by atoms with Crippen molar-refractivity contribution in [2.24, 2.45) is 5.73 Å².